The Morgan fingerprint density at radius 2 is 1.48 bits per heavy atom. The van der Waals surface area contributed by atoms with Gasteiger partial charge in [0.15, 0.2) is 0 Å². The molecule has 0 saturated carbocycles. The third-order valence-corrected chi connectivity index (χ3v) is 5.35. The number of Topliss-reactive ketones (excluding diaryl/α,β-unsaturated/α-hetero) is 1. The number of carbonyl (C=O) groups is 1. The van der Waals surface area contributed by atoms with Crippen molar-refractivity contribution in [1.29, 1.82) is 0 Å². The molecule has 0 aliphatic heterocycles. The van der Waals surface area contributed by atoms with Crippen LogP contribution in [0.25, 0.3) is 11.1 Å². The molecule has 0 amide bonds. The van der Waals surface area contributed by atoms with E-state index in [1.54, 1.807) is 0 Å². The van der Waals surface area contributed by atoms with Gasteiger partial charge in [-0.3, -0.25) is 4.79 Å². The summed E-state index contributed by atoms with van der Waals surface area (Å²) in [5.74, 6) is 1.60. The average molecular weight is 437 g/mol. The maximum Gasteiger partial charge on any atom is 0.229 e. The van der Waals surface area contributed by atoms with E-state index in [-0.39, 0.29) is 5.78 Å². The number of hydrogen-bond acceptors (Lipinski definition) is 5. The van der Waals surface area contributed by atoms with Gasteiger partial charge in [0, 0.05) is 44.4 Å². The third-order valence-electron chi connectivity index (χ3n) is 5.35. The maximum atomic E-state index is 12.7. The van der Waals surface area contributed by atoms with E-state index < -0.39 is 0 Å². The van der Waals surface area contributed by atoms with Crippen LogP contribution in [0, 0.1) is 6.92 Å². The Hall–Kier alpha value is -3.99. The molecule has 1 heterocycles. The summed E-state index contributed by atoms with van der Waals surface area (Å²) in [6, 6.07) is 28.2. The fourth-order valence-corrected chi connectivity index (χ4v) is 3.68. The van der Waals surface area contributed by atoms with E-state index in [4.69, 9.17) is 0 Å². The number of hydrogen-bond donors (Lipinski definition) is 1. The smallest absolute Gasteiger partial charge is 0.229 e. The van der Waals surface area contributed by atoms with E-state index in [0.29, 0.717) is 18.8 Å². The van der Waals surface area contributed by atoms with Crippen LogP contribution in [0.2, 0.25) is 0 Å². The quantitative estimate of drug-likeness (QED) is 0.389. The lowest BCUT2D eigenvalue weighted by atomic mass is 9.98. The molecule has 0 atom stereocenters. The van der Waals surface area contributed by atoms with Crippen molar-refractivity contribution in [3.8, 4) is 11.1 Å². The molecule has 5 heteroatoms. The second-order valence-corrected chi connectivity index (χ2v) is 8.37. The Balaban J connectivity index is 1.38. The van der Waals surface area contributed by atoms with Crippen molar-refractivity contribution in [2.45, 2.75) is 19.8 Å². The molecule has 0 fully saturated rings. The minimum absolute atomic E-state index is 0.193. The van der Waals surface area contributed by atoms with Crippen molar-refractivity contribution < 1.29 is 4.79 Å². The summed E-state index contributed by atoms with van der Waals surface area (Å²) in [5, 5.41) is 3.25. The van der Waals surface area contributed by atoms with Crippen molar-refractivity contribution in [1.82, 2.24) is 9.97 Å². The lowest BCUT2D eigenvalue weighted by molar-refractivity contribution is -0.117. The first-order chi connectivity index (χ1) is 16.0. The lowest BCUT2D eigenvalue weighted by Gasteiger charge is -2.14. The van der Waals surface area contributed by atoms with Gasteiger partial charge in [0.05, 0.1) is 0 Å². The summed E-state index contributed by atoms with van der Waals surface area (Å²) in [6.45, 7) is 1.95. The number of carbonyl (C=O) groups excluding carboxylic acids is 1. The predicted molar refractivity (Wildman–Crippen MR) is 135 cm³/mol. The van der Waals surface area contributed by atoms with Crippen LogP contribution >= 0.6 is 0 Å². The van der Waals surface area contributed by atoms with Gasteiger partial charge in [0.1, 0.15) is 11.6 Å². The molecule has 1 aromatic heterocycles. The highest BCUT2D eigenvalue weighted by molar-refractivity contribution is 5.83. The molecule has 0 saturated heterocycles. The molecule has 0 unspecified atom stereocenters. The monoisotopic (exact) mass is 436 g/mol. The van der Waals surface area contributed by atoms with Crippen LogP contribution in [-0.2, 0) is 17.6 Å². The molecular formula is C28H28N4O. The van der Waals surface area contributed by atoms with E-state index in [1.807, 2.05) is 86.6 Å². The molecule has 0 radical (unpaired) electrons. The summed E-state index contributed by atoms with van der Waals surface area (Å²) >= 11 is 0. The molecule has 166 valence electrons. The molecule has 4 aromatic rings. The Bertz CT molecular complexity index is 1230. The van der Waals surface area contributed by atoms with Crippen LogP contribution in [0.3, 0.4) is 0 Å². The molecule has 1 N–H and O–H groups in total. The van der Waals surface area contributed by atoms with Gasteiger partial charge in [-0.05, 0) is 41.3 Å². The number of ketones is 1. The molecule has 4 rings (SSSR count). The third kappa shape index (κ3) is 6.04. The summed E-state index contributed by atoms with van der Waals surface area (Å²) in [4.78, 5) is 23.6. The molecule has 0 aliphatic rings. The molecule has 0 bridgehead atoms. The zero-order valence-electron chi connectivity index (χ0n) is 19.2. The second-order valence-electron chi connectivity index (χ2n) is 8.37. The Kier molecular flexibility index (Phi) is 6.79. The van der Waals surface area contributed by atoms with Crippen LogP contribution in [0.5, 0.6) is 0 Å². The highest BCUT2D eigenvalue weighted by Gasteiger charge is 2.08. The molecular weight excluding hydrogens is 408 g/mol. The van der Waals surface area contributed by atoms with Crippen LogP contribution in [0.15, 0.2) is 84.9 Å². The standard InChI is InChI=1S/C28H28N4O/c1-20-16-27(32(2)3)31-28(29-20)30-25-14-12-21(13-15-25)18-26(33)19-22-8-7-11-24(17-22)23-9-5-4-6-10-23/h4-17H,18-19H2,1-3H3,(H,29,30,31). The topological polar surface area (TPSA) is 58.1 Å². The van der Waals surface area contributed by atoms with Gasteiger partial charge in [-0.15, -0.1) is 0 Å². The SMILES string of the molecule is Cc1cc(N(C)C)nc(Nc2ccc(CC(=O)Cc3cccc(-c4ccccc4)c3)cc2)n1. The van der Waals surface area contributed by atoms with E-state index in [0.717, 1.165) is 39.5 Å². The first kappa shape index (κ1) is 22.2. The van der Waals surface area contributed by atoms with Gasteiger partial charge in [-0.2, -0.15) is 4.98 Å². The Morgan fingerprint density at radius 1 is 0.788 bits per heavy atom. The normalized spacial score (nSPS) is 10.6. The minimum atomic E-state index is 0.193. The van der Waals surface area contributed by atoms with Gasteiger partial charge < -0.3 is 10.2 Å². The summed E-state index contributed by atoms with van der Waals surface area (Å²) in [7, 11) is 3.91. The Morgan fingerprint density at radius 3 is 2.21 bits per heavy atom. The number of aryl methyl sites for hydroxylation is 1. The van der Waals surface area contributed by atoms with Crippen molar-refractivity contribution in [2.75, 3.05) is 24.3 Å². The summed E-state index contributed by atoms with van der Waals surface area (Å²) in [6.07, 6.45) is 0.826. The Labute approximate surface area is 195 Å². The van der Waals surface area contributed by atoms with Crippen LogP contribution < -0.4 is 10.2 Å². The minimum Gasteiger partial charge on any atom is -0.363 e. The van der Waals surface area contributed by atoms with Gasteiger partial charge >= 0.3 is 0 Å². The molecule has 0 aliphatic carbocycles. The highest BCUT2D eigenvalue weighted by Crippen LogP contribution is 2.21. The van der Waals surface area contributed by atoms with E-state index in [9.17, 15) is 4.79 Å². The van der Waals surface area contributed by atoms with E-state index in [2.05, 4.69) is 39.6 Å². The molecule has 5 nitrogen and oxygen atoms in total. The second kappa shape index (κ2) is 10.1. The molecule has 3 aromatic carbocycles. The zero-order chi connectivity index (χ0) is 23.2. The first-order valence-corrected chi connectivity index (χ1v) is 11.0. The average Bonchev–Trinajstić information content (AvgIpc) is 2.81. The fourth-order valence-electron chi connectivity index (χ4n) is 3.68. The van der Waals surface area contributed by atoms with Crippen molar-refractivity contribution in [2.24, 2.45) is 0 Å². The van der Waals surface area contributed by atoms with Gasteiger partial charge in [0.25, 0.3) is 0 Å². The van der Waals surface area contributed by atoms with Gasteiger partial charge in [-0.1, -0.05) is 66.7 Å². The number of aromatic nitrogens is 2. The largest absolute Gasteiger partial charge is 0.363 e. The van der Waals surface area contributed by atoms with Crippen LogP contribution in [0.4, 0.5) is 17.5 Å². The van der Waals surface area contributed by atoms with Crippen molar-refractivity contribution >= 4 is 23.2 Å². The number of anilines is 3. The number of nitrogens with zero attached hydrogens (tertiary/aromatic N) is 3. The summed E-state index contributed by atoms with van der Waals surface area (Å²) < 4.78 is 0. The van der Waals surface area contributed by atoms with Crippen LogP contribution in [-0.4, -0.2) is 29.8 Å². The van der Waals surface area contributed by atoms with Gasteiger partial charge in [0.2, 0.25) is 5.95 Å². The predicted octanol–water partition coefficient (Wildman–Crippen LogP) is 5.62. The fraction of sp³-hybridized carbons (Fsp3) is 0.179. The number of rotatable bonds is 8. The van der Waals surface area contributed by atoms with Crippen LogP contribution in [0.1, 0.15) is 16.8 Å². The van der Waals surface area contributed by atoms with E-state index >= 15 is 0 Å². The first-order valence-electron chi connectivity index (χ1n) is 11.0. The number of nitrogens with one attached hydrogen (secondary N) is 1. The maximum absolute atomic E-state index is 12.7. The molecule has 33 heavy (non-hydrogen) atoms. The van der Waals surface area contributed by atoms with Crippen molar-refractivity contribution in [3.05, 3.63) is 102 Å². The lowest BCUT2D eigenvalue weighted by Crippen LogP contribution is -2.12. The highest BCUT2D eigenvalue weighted by atomic mass is 16.1. The summed E-state index contributed by atoms with van der Waals surface area (Å²) in [5.41, 5.74) is 6.10. The van der Waals surface area contributed by atoms with E-state index in [1.165, 1.54) is 0 Å². The zero-order valence-corrected chi connectivity index (χ0v) is 19.2. The molecule has 0 spiro atoms. The number of benzene rings is 3. The van der Waals surface area contributed by atoms with Gasteiger partial charge in [-0.25, -0.2) is 4.98 Å². The van der Waals surface area contributed by atoms with Crippen molar-refractivity contribution in [3.63, 3.8) is 0 Å².